The van der Waals surface area contributed by atoms with Crippen molar-refractivity contribution in [3.8, 4) is 16.5 Å². The number of aryl methyl sites for hydroxylation is 1. The molecule has 0 amide bonds. The second kappa shape index (κ2) is 6.44. The van der Waals surface area contributed by atoms with Crippen molar-refractivity contribution < 1.29 is 4.74 Å². The number of para-hydroxylation sites is 1. The highest BCUT2D eigenvalue weighted by molar-refractivity contribution is 7.19. The van der Waals surface area contributed by atoms with Crippen LogP contribution in [-0.2, 0) is 6.61 Å². The van der Waals surface area contributed by atoms with Crippen LogP contribution < -0.4 is 4.74 Å². The molecule has 0 radical (unpaired) electrons. The Bertz CT molecular complexity index is 1250. The summed E-state index contributed by atoms with van der Waals surface area (Å²) in [6.07, 6.45) is 0. The van der Waals surface area contributed by atoms with Crippen molar-refractivity contribution in [3.05, 3.63) is 72.1 Å². The number of nitrogens with zero attached hydrogens (tertiary/aromatic N) is 5. The first-order valence-corrected chi connectivity index (χ1v) is 9.35. The van der Waals surface area contributed by atoms with Crippen molar-refractivity contribution in [1.82, 2.24) is 24.8 Å². The molecule has 0 aliphatic carbocycles. The van der Waals surface area contributed by atoms with Crippen LogP contribution in [0.1, 0.15) is 11.4 Å². The van der Waals surface area contributed by atoms with E-state index in [9.17, 15) is 0 Å². The summed E-state index contributed by atoms with van der Waals surface area (Å²) in [6, 6.07) is 20.0. The number of aromatic nitrogens is 5. The van der Waals surface area contributed by atoms with E-state index in [2.05, 4.69) is 33.3 Å². The van der Waals surface area contributed by atoms with Crippen LogP contribution in [0, 0.1) is 6.92 Å². The Morgan fingerprint density at radius 1 is 1.00 bits per heavy atom. The molecule has 6 nitrogen and oxygen atoms in total. The minimum atomic E-state index is 0.254. The molecule has 7 heteroatoms. The number of rotatable bonds is 4. The normalized spacial score (nSPS) is 11.3. The van der Waals surface area contributed by atoms with Crippen LogP contribution in [0.25, 0.3) is 26.4 Å². The van der Waals surface area contributed by atoms with E-state index in [0.29, 0.717) is 11.7 Å². The molecule has 132 valence electrons. The summed E-state index contributed by atoms with van der Waals surface area (Å²) in [5, 5.41) is 15.1. The molecule has 0 atom stereocenters. The lowest BCUT2D eigenvalue weighted by Gasteiger charge is -2.07. The third-order valence-corrected chi connectivity index (χ3v) is 5.27. The molecule has 0 aliphatic rings. The second-order valence-electron chi connectivity index (χ2n) is 6.17. The highest BCUT2D eigenvalue weighted by Gasteiger charge is 2.14. The monoisotopic (exact) mass is 373 g/mol. The van der Waals surface area contributed by atoms with Crippen LogP contribution >= 0.6 is 11.3 Å². The lowest BCUT2D eigenvalue weighted by molar-refractivity contribution is 0.282. The third-order valence-electron chi connectivity index (χ3n) is 4.32. The van der Waals surface area contributed by atoms with Gasteiger partial charge in [0.15, 0.2) is 12.4 Å². The molecule has 0 bridgehead atoms. The van der Waals surface area contributed by atoms with E-state index in [1.54, 1.807) is 4.52 Å². The molecule has 0 saturated carbocycles. The summed E-state index contributed by atoms with van der Waals surface area (Å²) in [4.78, 5) is 5.32. The Hall–Kier alpha value is -3.32. The predicted molar refractivity (Wildman–Crippen MR) is 105 cm³/mol. The van der Waals surface area contributed by atoms with Crippen LogP contribution in [0.3, 0.4) is 0 Å². The SMILES string of the molecule is Cc1cc(OCc2nnc3sc(-c4ccccc4)nn23)nc2ccccc12. The molecule has 0 N–H and O–H groups in total. The smallest absolute Gasteiger partial charge is 0.235 e. The van der Waals surface area contributed by atoms with E-state index in [1.165, 1.54) is 11.3 Å². The van der Waals surface area contributed by atoms with Gasteiger partial charge in [0.25, 0.3) is 0 Å². The first-order chi connectivity index (χ1) is 13.3. The molecule has 2 aromatic carbocycles. The average Bonchev–Trinajstić information content (AvgIpc) is 3.28. The largest absolute Gasteiger partial charge is 0.469 e. The van der Waals surface area contributed by atoms with E-state index in [1.807, 2.05) is 54.6 Å². The Labute approximate surface area is 159 Å². The van der Waals surface area contributed by atoms with E-state index >= 15 is 0 Å². The number of hydrogen-bond donors (Lipinski definition) is 0. The van der Waals surface area contributed by atoms with Crippen LogP contribution in [0.4, 0.5) is 0 Å². The van der Waals surface area contributed by atoms with Crippen molar-refractivity contribution in [2.75, 3.05) is 0 Å². The molecule has 0 spiro atoms. The summed E-state index contributed by atoms with van der Waals surface area (Å²) in [5.41, 5.74) is 3.10. The van der Waals surface area contributed by atoms with Gasteiger partial charge in [0.2, 0.25) is 10.8 Å². The van der Waals surface area contributed by atoms with Gasteiger partial charge in [-0.15, -0.1) is 10.2 Å². The van der Waals surface area contributed by atoms with Gasteiger partial charge >= 0.3 is 0 Å². The molecule has 3 aromatic heterocycles. The quantitative estimate of drug-likeness (QED) is 0.470. The zero-order valence-corrected chi connectivity index (χ0v) is 15.3. The molecule has 0 saturated heterocycles. The number of hydrogen-bond acceptors (Lipinski definition) is 6. The molecule has 0 fully saturated rings. The standard InChI is InChI=1S/C20H15N5OS/c1-13-11-18(21-16-10-6-5-9-15(13)16)26-12-17-22-23-20-25(17)24-19(27-20)14-7-3-2-4-8-14/h2-11H,12H2,1H3. The van der Waals surface area contributed by atoms with Gasteiger partial charge < -0.3 is 4.74 Å². The average molecular weight is 373 g/mol. The maximum atomic E-state index is 5.89. The van der Waals surface area contributed by atoms with Crippen molar-refractivity contribution >= 4 is 27.2 Å². The van der Waals surface area contributed by atoms with Crippen LogP contribution in [0.15, 0.2) is 60.7 Å². The Kier molecular flexibility index (Phi) is 3.79. The summed E-state index contributed by atoms with van der Waals surface area (Å²) in [7, 11) is 0. The second-order valence-corrected chi connectivity index (χ2v) is 7.12. The maximum Gasteiger partial charge on any atom is 0.235 e. The summed E-state index contributed by atoms with van der Waals surface area (Å²) in [6.45, 7) is 2.31. The number of pyridine rings is 1. The van der Waals surface area contributed by atoms with Gasteiger partial charge in [-0.2, -0.15) is 9.61 Å². The van der Waals surface area contributed by atoms with Crippen molar-refractivity contribution in [2.24, 2.45) is 0 Å². The van der Waals surface area contributed by atoms with Gasteiger partial charge in [0.1, 0.15) is 5.01 Å². The molecule has 5 aromatic rings. The lowest BCUT2D eigenvalue weighted by Crippen LogP contribution is -2.03. The van der Waals surface area contributed by atoms with Crippen molar-refractivity contribution in [3.63, 3.8) is 0 Å². The van der Waals surface area contributed by atoms with Gasteiger partial charge in [-0.25, -0.2) is 4.98 Å². The summed E-state index contributed by atoms with van der Waals surface area (Å²) in [5.74, 6) is 1.22. The summed E-state index contributed by atoms with van der Waals surface area (Å²) >= 11 is 1.50. The van der Waals surface area contributed by atoms with E-state index < -0.39 is 0 Å². The minimum Gasteiger partial charge on any atom is -0.469 e. The Morgan fingerprint density at radius 2 is 1.81 bits per heavy atom. The first kappa shape index (κ1) is 15.9. The van der Waals surface area contributed by atoms with Gasteiger partial charge in [-0.1, -0.05) is 59.9 Å². The number of fused-ring (bicyclic) bond motifs is 2. The van der Waals surface area contributed by atoms with Crippen LogP contribution in [0.5, 0.6) is 5.88 Å². The highest BCUT2D eigenvalue weighted by atomic mass is 32.1. The molecular formula is C20H15N5OS. The van der Waals surface area contributed by atoms with E-state index in [0.717, 1.165) is 32.0 Å². The zero-order valence-electron chi connectivity index (χ0n) is 14.5. The molecule has 0 unspecified atom stereocenters. The molecule has 0 aliphatic heterocycles. The minimum absolute atomic E-state index is 0.254. The number of benzene rings is 2. The maximum absolute atomic E-state index is 5.89. The summed E-state index contributed by atoms with van der Waals surface area (Å²) < 4.78 is 7.63. The van der Waals surface area contributed by atoms with Crippen molar-refractivity contribution in [1.29, 1.82) is 0 Å². The van der Waals surface area contributed by atoms with Crippen LogP contribution in [-0.4, -0.2) is 24.8 Å². The molecule has 27 heavy (non-hydrogen) atoms. The fraction of sp³-hybridized carbons (Fsp3) is 0.100. The third kappa shape index (κ3) is 2.92. The Balaban J connectivity index is 1.43. The van der Waals surface area contributed by atoms with E-state index in [4.69, 9.17) is 4.74 Å². The predicted octanol–water partition coefficient (Wildman–Crippen LogP) is 4.29. The first-order valence-electron chi connectivity index (χ1n) is 8.54. The van der Waals surface area contributed by atoms with E-state index in [-0.39, 0.29) is 6.61 Å². The fourth-order valence-corrected chi connectivity index (χ4v) is 3.84. The van der Waals surface area contributed by atoms with Gasteiger partial charge in [-0.05, 0) is 18.6 Å². The zero-order chi connectivity index (χ0) is 18.2. The van der Waals surface area contributed by atoms with Gasteiger partial charge in [-0.3, -0.25) is 0 Å². The van der Waals surface area contributed by atoms with Gasteiger partial charge in [0.05, 0.1) is 5.52 Å². The molecule has 5 rings (SSSR count). The topological polar surface area (TPSA) is 65.2 Å². The number of ether oxygens (including phenoxy) is 1. The molecular weight excluding hydrogens is 358 g/mol. The molecule has 3 heterocycles. The van der Waals surface area contributed by atoms with Crippen LogP contribution in [0.2, 0.25) is 0 Å². The highest BCUT2D eigenvalue weighted by Crippen LogP contribution is 2.26. The Morgan fingerprint density at radius 3 is 2.70 bits per heavy atom. The fourth-order valence-electron chi connectivity index (χ4n) is 2.98. The lowest BCUT2D eigenvalue weighted by atomic mass is 10.1. The van der Waals surface area contributed by atoms with Gasteiger partial charge in [0, 0.05) is 17.0 Å². The van der Waals surface area contributed by atoms with Crippen molar-refractivity contribution in [2.45, 2.75) is 13.5 Å².